The zero-order valence-electron chi connectivity index (χ0n) is 16.6. The minimum absolute atomic E-state index is 0.117. The Hall–Kier alpha value is -3.67. The number of hydrogen-bond donors (Lipinski definition) is 0. The van der Waals surface area contributed by atoms with E-state index in [1.165, 1.54) is 13.2 Å². The molecule has 1 heterocycles. The molecule has 0 amide bonds. The first-order valence-corrected chi connectivity index (χ1v) is 9.13. The number of rotatable bonds is 6. The Morgan fingerprint density at radius 1 is 1.03 bits per heavy atom. The number of methoxy groups -OCH3 is 1. The summed E-state index contributed by atoms with van der Waals surface area (Å²) < 4.78 is 11.8. The quantitative estimate of drug-likeness (QED) is 0.469. The predicted molar refractivity (Wildman–Crippen MR) is 110 cm³/mol. The maximum absolute atomic E-state index is 12.1. The summed E-state index contributed by atoms with van der Waals surface area (Å²) in [5.74, 6) is -0.855. The number of aromatic nitrogens is 2. The van der Waals surface area contributed by atoms with E-state index in [2.05, 4.69) is 9.84 Å². The van der Waals surface area contributed by atoms with Crippen molar-refractivity contribution >= 4 is 18.0 Å². The van der Waals surface area contributed by atoms with Crippen molar-refractivity contribution in [3.8, 4) is 5.69 Å². The van der Waals surface area contributed by atoms with E-state index in [4.69, 9.17) is 4.74 Å². The monoisotopic (exact) mass is 390 g/mol. The first kappa shape index (κ1) is 20.1. The number of esters is 2. The highest BCUT2D eigenvalue weighted by Gasteiger charge is 2.11. The zero-order valence-corrected chi connectivity index (χ0v) is 16.6. The van der Waals surface area contributed by atoms with Crippen LogP contribution in [-0.2, 0) is 20.9 Å². The normalized spacial score (nSPS) is 10.9. The smallest absolute Gasteiger partial charge is 0.337 e. The molecule has 0 spiro atoms. The lowest BCUT2D eigenvalue weighted by atomic mass is 10.1. The molecule has 2 aromatic carbocycles. The first-order valence-electron chi connectivity index (χ1n) is 9.13. The Balaban J connectivity index is 1.64. The van der Waals surface area contributed by atoms with Gasteiger partial charge in [-0.3, -0.25) is 0 Å². The zero-order chi connectivity index (χ0) is 20.8. The summed E-state index contributed by atoms with van der Waals surface area (Å²) in [4.78, 5) is 23.5. The Labute approximate surface area is 169 Å². The van der Waals surface area contributed by atoms with E-state index in [9.17, 15) is 9.59 Å². The Bertz CT molecular complexity index is 1030. The van der Waals surface area contributed by atoms with Gasteiger partial charge in [0.25, 0.3) is 0 Å². The van der Waals surface area contributed by atoms with E-state index in [1.807, 2.05) is 48.9 Å². The summed E-state index contributed by atoms with van der Waals surface area (Å²) in [6.07, 6.45) is 3.12. The summed E-state index contributed by atoms with van der Waals surface area (Å²) in [5, 5.41) is 4.56. The molecular formula is C23H22N2O4. The van der Waals surface area contributed by atoms with Gasteiger partial charge < -0.3 is 9.47 Å². The average molecular weight is 390 g/mol. The summed E-state index contributed by atoms with van der Waals surface area (Å²) >= 11 is 0. The fraction of sp³-hybridized carbons (Fsp3) is 0.174. The number of aryl methyl sites for hydroxylation is 1. The third kappa shape index (κ3) is 4.79. The third-order valence-electron chi connectivity index (χ3n) is 4.49. The molecule has 29 heavy (non-hydrogen) atoms. The molecular weight excluding hydrogens is 368 g/mol. The van der Waals surface area contributed by atoms with Crippen LogP contribution >= 0.6 is 0 Å². The van der Waals surface area contributed by atoms with Crippen LogP contribution in [0, 0.1) is 13.8 Å². The fourth-order valence-electron chi connectivity index (χ4n) is 2.93. The molecule has 0 fully saturated rings. The average Bonchev–Trinajstić information content (AvgIpc) is 3.04. The standard InChI is InChI=1S/C23H22N2O4/c1-16-21(17(2)25(24-16)20-7-5-4-6-8-20)13-14-22(26)29-15-18-9-11-19(12-10-18)23(27)28-3/h4-14H,15H2,1-3H3/b14-13+. The van der Waals surface area contributed by atoms with Crippen molar-refractivity contribution in [3.63, 3.8) is 0 Å². The van der Waals surface area contributed by atoms with E-state index in [-0.39, 0.29) is 6.61 Å². The number of para-hydroxylation sites is 1. The van der Waals surface area contributed by atoms with Gasteiger partial charge in [0.2, 0.25) is 0 Å². The van der Waals surface area contributed by atoms with Crippen LogP contribution < -0.4 is 0 Å². The molecule has 0 unspecified atom stereocenters. The first-order chi connectivity index (χ1) is 14.0. The minimum Gasteiger partial charge on any atom is -0.465 e. The molecule has 0 saturated heterocycles. The van der Waals surface area contributed by atoms with Gasteiger partial charge in [-0.05, 0) is 49.8 Å². The fourth-order valence-corrected chi connectivity index (χ4v) is 2.93. The van der Waals surface area contributed by atoms with Crippen LogP contribution in [0.2, 0.25) is 0 Å². The van der Waals surface area contributed by atoms with Crippen LogP contribution in [-0.4, -0.2) is 28.8 Å². The Morgan fingerprint density at radius 3 is 2.38 bits per heavy atom. The summed E-state index contributed by atoms with van der Waals surface area (Å²) in [5.41, 5.74) is 4.84. The molecule has 0 bridgehead atoms. The van der Waals surface area contributed by atoms with Crippen molar-refractivity contribution in [2.24, 2.45) is 0 Å². The lowest BCUT2D eigenvalue weighted by Gasteiger charge is -2.04. The molecule has 0 radical (unpaired) electrons. The second kappa shape index (κ2) is 9.01. The lowest BCUT2D eigenvalue weighted by Crippen LogP contribution is -2.03. The molecule has 0 aliphatic rings. The number of carbonyl (C=O) groups is 2. The van der Waals surface area contributed by atoms with Crippen LogP contribution in [0.4, 0.5) is 0 Å². The molecule has 3 aromatic rings. The van der Waals surface area contributed by atoms with Crippen LogP contribution in [0.3, 0.4) is 0 Å². The molecule has 0 N–H and O–H groups in total. The molecule has 3 rings (SSSR count). The summed E-state index contributed by atoms with van der Waals surface area (Å²) in [7, 11) is 1.33. The van der Waals surface area contributed by atoms with Gasteiger partial charge in [-0.15, -0.1) is 0 Å². The van der Waals surface area contributed by atoms with E-state index in [1.54, 1.807) is 30.3 Å². The summed E-state index contributed by atoms with van der Waals surface area (Å²) in [6, 6.07) is 16.5. The largest absolute Gasteiger partial charge is 0.465 e. The maximum Gasteiger partial charge on any atom is 0.337 e. The number of hydrogen-bond acceptors (Lipinski definition) is 5. The number of nitrogens with zero attached hydrogens (tertiary/aromatic N) is 2. The molecule has 0 aliphatic heterocycles. The van der Waals surface area contributed by atoms with Crippen LogP contribution in [0.5, 0.6) is 0 Å². The van der Waals surface area contributed by atoms with Crippen molar-refractivity contribution < 1.29 is 19.1 Å². The summed E-state index contributed by atoms with van der Waals surface area (Å²) in [6.45, 7) is 3.98. The van der Waals surface area contributed by atoms with Gasteiger partial charge in [-0.25, -0.2) is 14.3 Å². The molecule has 0 saturated carbocycles. The van der Waals surface area contributed by atoms with Gasteiger partial charge in [-0.2, -0.15) is 5.10 Å². The van der Waals surface area contributed by atoms with E-state index >= 15 is 0 Å². The highest BCUT2D eigenvalue weighted by molar-refractivity contribution is 5.89. The van der Waals surface area contributed by atoms with Crippen LogP contribution in [0.25, 0.3) is 11.8 Å². The van der Waals surface area contributed by atoms with E-state index in [0.29, 0.717) is 5.56 Å². The van der Waals surface area contributed by atoms with Gasteiger partial charge >= 0.3 is 11.9 Å². The van der Waals surface area contributed by atoms with Gasteiger partial charge in [0, 0.05) is 17.3 Å². The second-order valence-electron chi connectivity index (χ2n) is 6.46. The SMILES string of the molecule is COC(=O)c1ccc(COC(=O)/C=C/c2c(C)nn(-c3ccccc3)c2C)cc1. The highest BCUT2D eigenvalue weighted by atomic mass is 16.5. The lowest BCUT2D eigenvalue weighted by molar-refractivity contribution is -0.138. The van der Waals surface area contributed by atoms with Crippen LogP contribution in [0.1, 0.15) is 32.9 Å². The number of ether oxygens (including phenoxy) is 2. The van der Waals surface area contributed by atoms with Crippen molar-refractivity contribution in [1.29, 1.82) is 0 Å². The van der Waals surface area contributed by atoms with Gasteiger partial charge in [-0.1, -0.05) is 30.3 Å². The van der Waals surface area contributed by atoms with E-state index in [0.717, 1.165) is 28.2 Å². The molecule has 0 atom stereocenters. The number of benzene rings is 2. The Kier molecular flexibility index (Phi) is 6.24. The van der Waals surface area contributed by atoms with Crippen molar-refractivity contribution in [3.05, 3.63) is 88.8 Å². The molecule has 6 heteroatoms. The number of carbonyl (C=O) groups excluding carboxylic acids is 2. The topological polar surface area (TPSA) is 70.4 Å². The van der Waals surface area contributed by atoms with Gasteiger partial charge in [0.05, 0.1) is 24.1 Å². The molecule has 148 valence electrons. The molecule has 1 aromatic heterocycles. The predicted octanol–water partition coefficient (Wildman–Crippen LogP) is 4.03. The van der Waals surface area contributed by atoms with Crippen molar-refractivity contribution in [2.45, 2.75) is 20.5 Å². The van der Waals surface area contributed by atoms with Crippen molar-refractivity contribution in [1.82, 2.24) is 9.78 Å². The van der Waals surface area contributed by atoms with Gasteiger partial charge in [0.1, 0.15) is 6.61 Å². The maximum atomic E-state index is 12.1. The minimum atomic E-state index is -0.451. The van der Waals surface area contributed by atoms with E-state index < -0.39 is 11.9 Å². The van der Waals surface area contributed by atoms with Gasteiger partial charge in [0.15, 0.2) is 0 Å². The van der Waals surface area contributed by atoms with Crippen LogP contribution in [0.15, 0.2) is 60.7 Å². The second-order valence-corrected chi connectivity index (χ2v) is 6.46. The van der Waals surface area contributed by atoms with Crippen molar-refractivity contribution in [2.75, 3.05) is 7.11 Å². The molecule has 0 aliphatic carbocycles. The Morgan fingerprint density at radius 2 is 1.72 bits per heavy atom. The highest BCUT2D eigenvalue weighted by Crippen LogP contribution is 2.19. The third-order valence-corrected chi connectivity index (χ3v) is 4.49. The molecule has 6 nitrogen and oxygen atoms in total.